The molecule has 0 saturated carbocycles. The zero-order valence-electron chi connectivity index (χ0n) is 16.4. The van der Waals surface area contributed by atoms with Crippen molar-refractivity contribution in [3.8, 4) is 0 Å². The second kappa shape index (κ2) is 9.77. The van der Waals surface area contributed by atoms with Crippen LogP contribution in [0.25, 0.3) is 10.8 Å². The average Bonchev–Trinajstić information content (AvgIpc) is 3.29. The highest BCUT2D eigenvalue weighted by Crippen LogP contribution is 2.31. The Kier molecular flexibility index (Phi) is 7.71. The quantitative estimate of drug-likeness (QED) is 0.379. The molecule has 2 aromatic carbocycles. The van der Waals surface area contributed by atoms with E-state index in [1.54, 1.807) is 0 Å². The molecule has 0 aromatic heterocycles. The second-order valence-electron chi connectivity index (χ2n) is 8.12. The first-order valence-electron chi connectivity index (χ1n) is 9.72. The zero-order valence-corrected chi connectivity index (χ0v) is 16.4. The Morgan fingerprint density at radius 1 is 0.880 bits per heavy atom. The van der Waals surface area contributed by atoms with Crippen molar-refractivity contribution in [2.24, 2.45) is 11.3 Å². The highest BCUT2D eigenvalue weighted by Gasteiger charge is 2.18. The van der Waals surface area contributed by atoms with Gasteiger partial charge >= 0.3 is 0 Å². The van der Waals surface area contributed by atoms with Gasteiger partial charge in [0.25, 0.3) is 0 Å². The van der Waals surface area contributed by atoms with Crippen LogP contribution in [0.15, 0.2) is 54.6 Å². The minimum atomic E-state index is 0.500. The Morgan fingerprint density at radius 3 is 2.20 bits per heavy atom. The lowest BCUT2D eigenvalue weighted by Crippen LogP contribution is -2.03. The molecule has 0 bridgehead atoms. The van der Waals surface area contributed by atoms with Gasteiger partial charge in [0.1, 0.15) is 0 Å². The summed E-state index contributed by atoms with van der Waals surface area (Å²) in [5.74, 6) is 0.646. The summed E-state index contributed by atoms with van der Waals surface area (Å²) in [6.45, 7) is 10.6. The van der Waals surface area contributed by atoms with Crippen LogP contribution < -0.4 is 0 Å². The van der Waals surface area contributed by atoms with Gasteiger partial charge in [-0.15, -0.1) is 0 Å². The van der Waals surface area contributed by atoms with Crippen molar-refractivity contribution in [3.05, 3.63) is 60.2 Å². The maximum atomic E-state index is 5.61. The number of ether oxygens (including phenoxy) is 1. The molecule has 1 heteroatoms. The predicted octanol–water partition coefficient (Wildman–Crippen LogP) is 6.81. The molecular weight excluding hydrogens is 304 g/mol. The summed E-state index contributed by atoms with van der Waals surface area (Å²) in [7, 11) is 0. The molecule has 1 nitrogen and oxygen atoms in total. The zero-order chi connectivity index (χ0) is 18.1. The third-order valence-corrected chi connectivity index (χ3v) is 4.35. The Morgan fingerprint density at radius 2 is 1.56 bits per heavy atom. The molecule has 0 fully saturated rings. The minimum Gasteiger partial charge on any atom is -0.381 e. The van der Waals surface area contributed by atoms with Gasteiger partial charge < -0.3 is 4.74 Å². The van der Waals surface area contributed by atoms with Crippen molar-refractivity contribution in [2.75, 3.05) is 13.2 Å². The summed E-state index contributed by atoms with van der Waals surface area (Å²) in [4.78, 5) is 0. The van der Waals surface area contributed by atoms with Crippen LogP contribution in [0.4, 0.5) is 0 Å². The van der Waals surface area contributed by atoms with E-state index in [2.05, 4.69) is 82.3 Å². The summed E-state index contributed by atoms with van der Waals surface area (Å²) < 4.78 is 5.61. The van der Waals surface area contributed by atoms with Crippen LogP contribution in [-0.2, 0) is 11.2 Å². The van der Waals surface area contributed by atoms with Crippen molar-refractivity contribution < 1.29 is 4.74 Å². The van der Waals surface area contributed by atoms with Crippen LogP contribution in [0.5, 0.6) is 0 Å². The van der Waals surface area contributed by atoms with E-state index in [9.17, 15) is 0 Å². The van der Waals surface area contributed by atoms with E-state index >= 15 is 0 Å². The standard InChI is InChI=1S/C19H26O.C5H8/c1-16(2)15-20-13-7-3-4-8-17-11-12-18-9-5-6-10-19(18)14-17;1-5(2)3-4-5/h5-6,9-12,14,16H,3-4,7-8,13,15H2,1-2H3;3-4H,1-2H3. The topological polar surface area (TPSA) is 9.23 Å². The molecule has 0 amide bonds. The molecule has 1 aliphatic carbocycles. The number of fused-ring (bicyclic) bond motifs is 1. The Bertz CT molecular complexity index is 659. The van der Waals surface area contributed by atoms with Crippen molar-refractivity contribution in [1.29, 1.82) is 0 Å². The molecule has 0 unspecified atom stereocenters. The van der Waals surface area contributed by atoms with Gasteiger partial charge in [-0.05, 0) is 41.5 Å². The number of aryl methyl sites for hydroxylation is 1. The van der Waals surface area contributed by atoms with Crippen molar-refractivity contribution in [1.82, 2.24) is 0 Å². The lowest BCUT2D eigenvalue weighted by atomic mass is 10.0. The smallest absolute Gasteiger partial charge is 0.0488 e. The number of benzene rings is 2. The molecule has 0 spiro atoms. The van der Waals surface area contributed by atoms with Gasteiger partial charge in [0.15, 0.2) is 0 Å². The predicted molar refractivity (Wildman–Crippen MR) is 110 cm³/mol. The van der Waals surface area contributed by atoms with Gasteiger partial charge in [-0.25, -0.2) is 0 Å². The van der Waals surface area contributed by atoms with Gasteiger partial charge in [-0.3, -0.25) is 0 Å². The first kappa shape index (κ1) is 19.7. The minimum absolute atomic E-state index is 0.500. The Balaban J connectivity index is 0.000000386. The van der Waals surface area contributed by atoms with E-state index < -0.39 is 0 Å². The maximum absolute atomic E-state index is 5.61. The highest BCUT2D eigenvalue weighted by atomic mass is 16.5. The van der Waals surface area contributed by atoms with E-state index in [1.807, 2.05) is 0 Å². The molecule has 0 N–H and O–H groups in total. The van der Waals surface area contributed by atoms with Crippen LogP contribution in [-0.4, -0.2) is 13.2 Å². The first-order valence-corrected chi connectivity index (χ1v) is 9.72. The SMILES string of the molecule is CC(C)COCCCCCc1ccc2ccccc2c1.CC1(C)C=C1. The van der Waals surface area contributed by atoms with Crippen molar-refractivity contribution >= 4 is 10.8 Å². The summed E-state index contributed by atoms with van der Waals surface area (Å²) >= 11 is 0. The largest absolute Gasteiger partial charge is 0.381 e. The summed E-state index contributed by atoms with van der Waals surface area (Å²) in [5.41, 5.74) is 1.95. The first-order chi connectivity index (χ1) is 12.0. The van der Waals surface area contributed by atoms with Gasteiger partial charge in [-0.1, -0.05) is 88.7 Å². The fraction of sp³-hybridized carbons (Fsp3) is 0.500. The van der Waals surface area contributed by atoms with E-state index in [0.29, 0.717) is 11.3 Å². The molecule has 1 aliphatic rings. The number of unbranched alkanes of at least 4 members (excludes halogenated alkanes) is 2. The summed E-state index contributed by atoms with van der Waals surface area (Å²) in [6, 6.07) is 15.4. The summed E-state index contributed by atoms with van der Waals surface area (Å²) in [5, 5.41) is 2.68. The third-order valence-electron chi connectivity index (χ3n) is 4.35. The lowest BCUT2D eigenvalue weighted by Gasteiger charge is -2.07. The number of hydrogen-bond donors (Lipinski definition) is 0. The molecule has 3 rings (SSSR count). The van der Waals surface area contributed by atoms with E-state index in [-0.39, 0.29) is 0 Å². The number of rotatable bonds is 8. The van der Waals surface area contributed by atoms with Gasteiger partial charge in [0, 0.05) is 18.6 Å². The Hall–Kier alpha value is -1.60. The fourth-order valence-corrected chi connectivity index (χ4v) is 2.59. The molecule has 0 aliphatic heterocycles. The number of allylic oxidation sites excluding steroid dienone is 2. The summed E-state index contributed by atoms with van der Waals surface area (Å²) in [6.07, 6.45) is 9.24. The number of hydrogen-bond acceptors (Lipinski definition) is 1. The lowest BCUT2D eigenvalue weighted by molar-refractivity contribution is 0.106. The fourth-order valence-electron chi connectivity index (χ4n) is 2.59. The van der Waals surface area contributed by atoms with Crippen molar-refractivity contribution in [2.45, 2.75) is 53.4 Å². The molecular formula is C24H34O. The van der Waals surface area contributed by atoms with Crippen LogP contribution in [0, 0.1) is 11.3 Å². The van der Waals surface area contributed by atoms with Crippen LogP contribution in [0.3, 0.4) is 0 Å². The van der Waals surface area contributed by atoms with Gasteiger partial charge in [-0.2, -0.15) is 0 Å². The van der Waals surface area contributed by atoms with Gasteiger partial charge in [0.05, 0.1) is 0 Å². The average molecular weight is 339 g/mol. The van der Waals surface area contributed by atoms with Crippen molar-refractivity contribution in [3.63, 3.8) is 0 Å². The monoisotopic (exact) mass is 338 g/mol. The normalized spacial score (nSPS) is 14.4. The molecule has 136 valence electrons. The Labute approximate surface area is 154 Å². The molecule has 0 radical (unpaired) electrons. The van der Waals surface area contributed by atoms with Crippen LogP contribution in [0.1, 0.15) is 52.5 Å². The van der Waals surface area contributed by atoms with Crippen LogP contribution >= 0.6 is 0 Å². The van der Waals surface area contributed by atoms with E-state index in [0.717, 1.165) is 13.2 Å². The molecule has 25 heavy (non-hydrogen) atoms. The van der Waals surface area contributed by atoms with E-state index in [1.165, 1.54) is 42.0 Å². The molecule has 0 saturated heterocycles. The van der Waals surface area contributed by atoms with Gasteiger partial charge in [0.2, 0.25) is 0 Å². The third kappa shape index (κ3) is 8.36. The molecule has 0 heterocycles. The van der Waals surface area contributed by atoms with E-state index in [4.69, 9.17) is 4.74 Å². The second-order valence-corrected chi connectivity index (χ2v) is 8.12. The van der Waals surface area contributed by atoms with Crippen LogP contribution in [0.2, 0.25) is 0 Å². The maximum Gasteiger partial charge on any atom is 0.0488 e. The molecule has 0 atom stereocenters. The molecule has 2 aromatic rings. The highest BCUT2D eigenvalue weighted by molar-refractivity contribution is 5.82.